The van der Waals surface area contributed by atoms with Crippen LogP contribution in [-0.4, -0.2) is 26.8 Å². The number of carboxylic acids is 1. The van der Waals surface area contributed by atoms with Gasteiger partial charge in [0.2, 0.25) is 0 Å². The van der Waals surface area contributed by atoms with Gasteiger partial charge in [0.1, 0.15) is 34.8 Å². The van der Waals surface area contributed by atoms with Crippen LogP contribution in [0.2, 0.25) is 0 Å². The molecule has 1 aromatic heterocycles. The smallest absolute Gasteiger partial charge is 0.352 e. The van der Waals surface area contributed by atoms with Crippen molar-refractivity contribution in [2.24, 2.45) is 0 Å². The van der Waals surface area contributed by atoms with E-state index in [2.05, 4.69) is 15.7 Å². The van der Waals surface area contributed by atoms with Crippen molar-refractivity contribution in [1.82, 2.24) is 9.78 Å². The lowest BCUT2D eigenvalue weighted by atomic mass is 10.0. The van der Waals surface area contributed by atoms with Gasteiger partial charge >= 0.3 is 5.97 Å². The lowest BCUT2D eigenvalue weighted by Crippen LogP contribution is -2.26. The predicted octanol–water partition coefficient (Wildman–Crippen LogP) is 4.01. The molecule has 9 heteroatoms. The summed E-state index contributed by atoms with van der Waals surface area (Å²) in [4.78, 5) is 24.5. The van der Waals surface area contributed by atoms with E-state index in [1.54, 1.807) is 6.07 Å². The summed E-state index contributed by atoms with van der Waals surface area (Å²) >= 11 is 0. The number of rotatable bonds is 4. The van der Waals surface area contributed by atoms with Gasteiger partial charge in [0.05, 0.1) is 6.20 Å². The fourth-order valence-corrected chi connectivity index (χ4v) is 3.37. The largest absolute Gasteiger partial charge is 0.477 e. The van der Waals surface area contributed by atoms with Gasteiger partial charge in [-0.25, -0.2) is 18.3 Å². The number of carbonyl (C=O) groups excluding carboxylic acids is 1. The third kappa shape index (κ3) is 3.77. The van der Waals surface area contributed by atoms with Crippen LogP contribution in [0.5, 0.6) is 0 Å². The van der Waals surface area contributed by atoms with Gasteiger partial charge in [-0.05, 0) is 49.2 Å². The number of aryl methyl sites for hydroxylation is 2. The predicted molar refractivity (Wildman–Crippen MR) is 110 cm³/mol. The summed E-state index contributed by atoms with van der Waals surface area (Å²) < 4.78 is 29.1. The molecule has 2 heterocycles. The summed E-state index contributed by atoms with van der Waals surface area (Å²) in [7, 11) is 0. The molecule has 0 bridgehead atoms. The van der Waals surface area contributed by atoms with Crippen LogP contribution in [0.15, 0.2) is 54.4 Å². The highest BCUT2D eigenvalue weighted by molar-refractivity contribution is 6.08. The molecule has 1 unspecified atom stereocenters. The Balaban J connectivity index is 1.73. The van der Waals surface area contributed by atoms with E-state index in [1.807, 2.05) is 26.0 Å². The van der Waals surface area contributed by atoms with Crippen LogP contribution in [0.3, 0.4) is 0 Å². The van der Waals surface area contributed by atoms with Crippen LogP contribution in [0.1, 0.15) is 33.1 Å². The highest BCUT2D eigenvalue weighted by Gasteiger charge is 2.30. The molecule has 7 nitrogen and oxygen atoms in total. The number of nitrogens with zero attached hydrogens (tertiary/aromatic N) is 2. The number of allylic oxidation sites excluding steroid dienone is 1. The number of carboxylic acid groups (broad SMARTS) is 1. The second-order valence-corrected chi connectivity index (χ2v) is 7.23. The number of hydrogen-bond acceptors (Lipinski definition) is 4. The molecular weight excluding hydrogens is 406 g/mol. The lowest BCUT2D eigenvalue weighted by molar-refractivity contribution is -0.132. The zero-order valence-electron chi connectivity index (χ0n) is 16.6. The van der Waals surface area contributed by atoms with E-state index in [9.17, 15) is 23.5 Å². The molecule has 31 heavy (non-hydrogen) atoms. The average molecular weight is 424 g/mol. The topological polar surface area (TPSA) is 96.3 Å². The summed E-state index contributed by atoms with van der Waals surface area (Å²) in [6.07, 6.45) is 2.52. The van der Waals surface area contributed by atoms with Crippen LogP contribution in [0, 0.1) is 25.5 Å². The zero-order valence-corrected chi connectivity index (χ0v) is 16.6. The zero-order chi connectivity index (χ0) is 22.3. The molecule has 0 saturated heterocycles. The van der Waals surface area contributed by atoms with Gasteiger partial charge < -0.3 is 15.7 Å². The Morgan fingerprint density at radius 1 is 1.13 bits per heavy atom. The van der Waals surface area contributed by atoms with Crippen molar-refractivity contribution in [2.75, 3.05) is 10.6 Å². The molecule has 4 rings (SSSR count). The Morgan fingerprint density at radius 3 is 2.58 bits per heavy atom. The minimum Gasteiger partial charge on any atom is -0.477 e. The minimum absolute atomic E-state index is 0.0205. The first-order chi connectivity index (χ1) is 14.7. The summed E-state index contributed by atoms with van der Waals surface area (Å²) in [5, 5.41) is 19.1. The summed E-state index contributed by atoms with van der Waals surface area (Å²) in [5.74, 6) is -3.32. The number of benzene rings is 2. The maximum absolute atomic E-state index is 14.4. The number of nitrogens with one attached hydrogen (secondary N) is 2. The fraction of sp³-hybridized carbons (Fsp3) is 0.136. The van der Waals surface area contributed by atoms with E-state index in [0.29, 0.717) is 11.8 Å². The molecule has 0 radical (unpaired) electrons. The molecular formula is C22H18F2N4O3. The standard InChI is InChI=1S/C22H18F2N4O3/c1-11-3-5-14(7-12(11)2)26-21(29)16-10-25-28-19(9-18(22(30)31)27-20(16)28)15-6-4-13(23)8-17(15)24/h3-10,19,27H,1-2H3,(H,26,29)(H,30,31). The monoisotopic (exact) mass is 424 g/mol. The molecule has 0 saturated carbocycles. The Bertz CT molecular complexity index is 1250. The Hall–Kier alpha value is -4.01. The molecule has 158 valence electrons. The number of aromatic nitrogens is 2. The summed E-state index contributed by atoms with van der Waals surface area (Å²) in [5.41, 5.74) is 2.49. The van der Waals surface area contributed by atoms with E-state index < -0.39 is 29.6 Å². The number of fused-ring (bicyclic) bond motifs is 1. The van der Waals surface area contributed by atoms with Crippen LogP contribution in [0.25, 0.3) is 0 Å². The molecule has 0 spiro atoms. The lowest BCUT2D eigenvalue weighted by Gasteiger charge is -2.24. The third-order valence-electron chi connectivity index (χ3n) is 5.16. The molecule has 0 aliphatic carbocycles. The van der Waals surface area contributed by atoms with Crippen molar-refractivity contribution < 1.29 is 23.5 Å². The number of hydrogen-bond donors (Lipinski definition) is 3. The van der Waals surface area contributed by atoms with Crippen molar-refractivity contribution >= 4 is 23.4 Å². The Morgan fingerprint density at radius 2 is 1.90 bits per heavy atom. The maximum atomic E-state index is 14.4. The maximum Gasteiger partial charge on any atom is 0.352 e. The van der Waals surface area contributed by atoms with Crippen molar-refractivity contribution in [2.45, 2.75) is 19.9 Å². The molecule has 0 fully saturated rings. The molecule has 3 aromatic rings. The molecule has 3 N–H and O–H groups in total. The van der Waals surface area contributed by atoms with Gasteiger partial charge in [0.15, 0.2) is 0 Å². The van der Waals surface area contributed by atoms with Crippen LogP contribution in [0.4, 0.5) is 20.3 Å². The van der Waals surface area contributed by atoms with E-state index in [4.69, 9.17) is 0 Å². The first kappa shape index (κ1) is 20.3. The number of amides is 1. The molecule has 1 amide bonds. The fourth-order valence-electron chi connectivity index (χ4n) is 3.37. The SMILES string of the molecule is Cc1ccc(NC(=O)c2cnn3c2NC(C(=O)O)=CC3c2ccc(F)cc2F)cc1C. The van der Waals surface area contributed by atoms with Gasteiger partial charge in [0, 0.05) is 17.3 Å². The van der Waals surface area contributed by atoms with E-state index in [0.717, 1.165) is 17.2 Å². The molecule has 1 atom stereocenters. The molecule has 2 aromatic carbocycles. The average Bonchev–Trinajstić information content (AvgIpc) is 3.14. The molecule has 1 aliphatic rings. The van der Waals surface area contributed by atoms with E-state index >= 15 is 0 Å². The first-order valence-electron chi connectivity index (χ1n) is 9.38. The number of aliphatic carboxylic acids is 1. The molecule has 1 aliphatic heterocycles. The van der Waals surface area contributed by atoms with E-state index in [-0.39, 0.29) is 22.6 Å². The van der Waals surface area contributed by atoms with Crippen LogP contribution < -0.4 is 10.6 Å². The third-order valence-corrected chi connectivity index (χ3v) is 5.16. The highest BCUT2D eigenvalue weighted by atomic mass is 19.1. The quantitative estimate of drug-likeness (QED) is 0.588. The first-order valence-corrected chi connectivity index (χ1v) is 9.38. The van der Waals surface area contributed by atoms with Crippen molar-refractivity contribution in [3.8, 4) is 0 Å². The van der Waals surface area contributed by atoms with Gasteiger partial charge in [-0.3, -0.25) is 4.79 Å². The van der Waals surface area contributed by atoms with E-state index in [1.165, 1.54) is 23.0 Å². The highest BCUT2D eigenvalue weighted by Crippen LogP contribution is 2.33. The minimum atomic E-state index is -1.29. The van der Waals surface area contributed by atoms with Crippen molar-refractivity contribution in [3.63, 3.8) is 0 Å². The van der Waals surface area contributed by atoms with Crippen LogP contribution >= 0.6 is 0 Å². The second-order valence-electron chi connectivity index (χ2n) is 7.23. The van der Waals surface area contributed by atoms with Crippen molar-refractivity contribution in [3.05, 3.63) is 88.3 Å². The Kier molecular flexibility index (Phi) is 5.02. The van der Waals surface area contributed by atoms with Gasteiger partial charge in [-0.1, -0.05) is 12.1 Å². The van der Waals surface area contributed by atoms with Crippen LogP contribution in [-0.2, 0) is 4.79 Å². The number of anilines is 2. The number of carbonyl (C=O) groups is 2. The van der Waals surface area contributed by atoms with Gasteiger partial charge in [0.25, 0.3) is 5.91 Å². The Labute approximate surface area is 176 Å². The number of halogens is 2. The summed E-state index contributed by atoms with van der Waals surface area (Å²) in [6.45, 7) is 3.87. The van der Waals surface area contributed by atoms with Gasteiger partial charge in [-0.15, -0.1) is 0 Å². The second kappa shape index (κ2) is 7.67. The summed E-state index contributed by atoms with van der Waals surface area (Å²) in [6, 6.07) is 7.46. The van der Waals surface area contributed by atoms with Crippen molar-refractivity contribution in [1.29, 1.82) is 0 Å². The normalized spacial score (nSPS) is 15.0. The van der Waals surface area contributed by atoms with Gasteiger partial charge in [-0.2, -0.15) is 5.10 Å².